The van der Waals surface area contributed by atoms with E-state index in [1.54, 1.807) is 11.8 Å². The Balaban J connectivity index is 2.30. The van der Waals surface area contributed by atoms with Crippen molar-refractivity contribution in [2.75, 3.05) is 12.3 Å². The van der Waals surface area contributed by atoms with Crippen LogP contribution < -0.4 is 5.32 Å². The Kier molecular flexibility index (Phi) is 6.01. The average Bonchev–Trinajstić information content (AvgIpc) is 2.34. The van der Waals surface area contributed by atoms with Crippen molar-refractivity contribution in [1.82, 2.24) is 5.32 Å². The molecular weight excluding hydrogens is 218 g/mol. The van der Waals surface area contributed by atoms with E-state index < -0.39 is 0 Å². The van der Waals surface area contributed by atoms with Crippen LogP contribution in [0.4, 0.5) is 0 Å². The van der Waals surface area contributed by atoms with Crippen molar-refractivity contribution < 1.29 is 4.79 Å². The highest BCUT2D eigenvalue weighted by molar-refractivity contribution is 8.00. The minimum Gasteiger partial charge on any atom is -0.355 e. The Bertz CT molecular complexity index is 313. The first kappa shape index (κ1) is 13.1. The lowest BCUT2D eigenvalue weighted by Gasteiger charge is -2.11. The smallest absolute Gasteiger partial charge is 0.230 e. The third-order valence-electron chi connectivity index (χ3n) is 2.31. The lowest BCUT2D eigenvalue weighted by atomic mass is 10.2. The summed E-state index contributed by atoms with van der Waals surface area (Å²) in [5.74, 6) is 0.672. The molecule has 2 nitrogen and oxygen atoms in total. The fourth-order valence-electron chi connectivity index (χ4n) is 1.34. The number of amides is 1. The SMILES string of the molecule is CCCNC(=O)CSC(C)c1ccccc1. The monoisotopic (exact) mass is 237 g/mol. The average molecular weight is 237 g/mol. The van der Waals surface area contributed by atoms with Gasteiger partial charge in [0.25, 0.3) is 0 Å². The van der Waals surface area contributed by atoms with Crippen molar-refractivity contribution >= 4 is 17.7 Å². The molecule has 1 atom stereocenters. The standard InChI is InChI=1S/C13H19NOS/c1-3-9-14-13(15)10-16-11(2)12-7-5-4-6-8-12/h4-8,11H,3,9-10H2,1-2H3,(H,14,15). The van der Waals surface area contributed by atoms with Gasteiger partial charge in [-0.15, -0.1) is 11.8 Å². The number of thioether (sulfide) groups is 1. The predicted molar refractivity (Wildman–Crippen MR) is 70.6 cm³/mol. The number of hydrogen-bond acceptors (Lipinski definition) is 2. The van der Waals surface area contributed by atoms with Gasteiger partial charge in [0, 0.05) is 11.8 Å². The number of rotatable bonds is 6. The molecule has 1 unspecified atom stereocenters. The minimum absolute atomic E-state index is 0.134. The largest absolute Gasteiger partial charge is 0.355 e. The van der Waals surface area contributed by atoms with E-state index in [-0.39, 0.29) is 5.91 Å². The van der Waals surface area contributed by atoms with Gasteiger partial charge in [0.1, 0.15) is 0 Å². The lowest BCUT2D eigenvalue weighted by molar-refractivity contribution is -0.118. The summed E-state index contributed by atoms with van der Waals surface area (Å²) in [6, 6.07) is 10.3. The molecule has 0 fully saturated rings. The van der Waals surface area contributed by atoms with E-state index in [1.165, 1.54) is 5.56 Å². The van der Waals surface area contributed by atoms with Crippen molar-refractivity contribution in [3.05, 3.63) is 35.9 Å². The molecule has 16 heavy (non-hydrogen) atoms. The second-order valence-corrected chi connectivity index (χ2v) is 5.04. The Morgan fingerprint density at radius 2 is 2.06 bits per heavy atom. The first-order valence-corrected chi connectivity index (χ1v) is 6.72. The van der Waals surface area contributed by atoms with Crippen LogP contribution in [-0.2, 0) is 4.79 Å². The number of carbonyl (C=O) groups is 1. The maximum atomic E-state index is 11.4. The van der Waals surface area contributed by atoms with Crippen LogP contribution in [0.3, 0.4) is 0 Å². The van der Waals surface area contributed by atoms with Crippen molar-refractivity contribution in [3.63, 3.8) is 0 Å². The minimum atomic E-state index is 0.134. The number of hydrogen-bond donors (Lipinski definition) is 1. The molecule has 1 aromatic carbocycles. The molecular formula is C13H19NOS. The van der Waals surface area contributed by atoms with E-state index in [0.717, 1.165) is 13.0 Å². The third kappa shape index (κ3) is 4.71. The summed E-state index contributed by atoms with van der Waals surface area (Å²) in [4.78, 5) is 11.4. The molecule has 0 bridgehead atoms. The van der Waals surface area contributed by atoms with Crippen molar-refractivity contribution in [1.29, 1.82) is 0 Å². The Hall–Kier alpha value is -0.960. The molecule has 88 valence electrons. The summed E-state index contributed by atoms with van der Waals surface area (Å²) >= 11 is 1.68. The van der Waals surface area contributed by atoms with Gasteiger partial charge in [0.05, 0.1) is 5.75 Å². The van der Waals surface area contributed by atoms with Gasteiger partial charge in [0.15, 0.2) is 0 Å². The molecule has 0 heterocycles. The van der Waals surface area contributed by atoms with Gasteiger partial charge in [-0.1, -0.05) is 37.3 Å². The molecule has 1 aromatic rings. The van der Waals surface area contributed by atoms with Crippen molar-refractivity contribution in [3.8, 4) is 0 Å². The van der Waals surface area contributed by atoms with Crippen LogP contribution in [0, 0.1) is 0 Å². The van der Waals surface area contributed by atoms with Crippen molar-refractivity contribution in [2.24, 2.45) is 0 Å². The molecule has 0 spiro atoms. The summed E-state index contributed by atoms with van der Waals surface area (Å²) in [5.41, 5.74) is 1.27. The van der Waals surface area contributed by atoms with Crippen LogP contribution in [0.1, 0.15) is 31.1 Å². The van der Waals surface area contributed by atoms with Crippen LogP contribution in [-0.4, -0.2) is 18.2 Å². The first-order valence-electron chi connectivity index (χ1n) is 5.67. The number of benzene rings is 1. The lowest BCUT2D eigenvalue weighted by Crippen LogP contribution is -2.25. The molecule has 0 saturated heterocycles. The maximum Gasteiger partial charge on any atom is 0.230 e. The van der Waals surface area contributed by atoms with E-state index >= 15 is 0 Å². The third-order valence-corrected chi connectivity index (χ3v) is 3.51. The zero-order valence-electron chi connectivity index (χ0n) is 9.90. The summed E-state index contributed by atoms with van der Waals surface area (Å²) in [6.45, 7) is 4.96. The highest BCUT2D eigenvalue weighted by atomic mass is 32.2. The second-order valence-electron chi connectivity index (χ2n) is 3.71. The van der Waals surface area contributed by atoms with Gasteiger partial charge >= 0.3 is 0 Å². The van der Waals surface area contributed by atoms with Crippen LogP contribution in [0.5, 0.6) is 0 Å². The van der Waals surface area contributed by atoms with Gasteiger partial charge in [-0.05, 0) is 18.9 Å². The topological polar surface area (TPSA) is 29.1 Å². The van der Waals surface area contributed by atoms with Crippen LogP contribution in [0.25, 0.3) is 0 Å². The molecule has 1 amide bonds. The van der Waals surface area contributed by atoms with Crippen molar-refractivity contribution in [2.45, 2.75) is 25.5 Å². The summed E-state index contributed by atoms with van der Waals surface area (Å²) in [7, 11) is 0. The number of carbonyl (C=O) groups excluding carboxylic acids is 1. The van der Waals surface area contributed by atoms with E-state index in [4.69, 9.17) is 0 Å². The molecule has 0 aliphatic rings. The fourth-order valence-corrected chi connectivity index (χ4v) is 2.19. The highest BCUT2D eigenvalue weighted by Crippen LogP contribution is 2.27. The molecule has 0 aliphatic heterocycles. The molecule has 0 radical (unpaired) electrons. The van der Waals surface area contributed by atoms with E-state index in [0.29, 0.717) is 11.0 Å². The molecule has 1 rings (SSSR count). The van der Waals surface area contributed by atoms with Crippen LogP contribution in [0.2, 0.25) is 0 Å². The zero-order chi connectivity index (χ0) is 11.8. The second kappa shape index (κ2) is 7.34. The van der Waals surface area contributed by atoms with E-state index in [1.807, 2.05) is 18.2 Å². The van der Waals surface area contributed by atoms with Gasteiger partial charge in [-0.3, -0.25) is 4.79 Å². The molecule has 3 heteroatoms. The molecule has 0 aromatic heterocycles. The predicted octanol–water partition coefficient (Wildman–Crippen LogP) is 3.01. The zero-order valence-corrected chi connectivity index (χ0v) is 10.7. The highest BCUT2D eigenvalue weighted by Gasteiger charge is 2.08. The molecule has 0 saturated carbocycles. The number of nitrogens with one attached hydrogen (secondary N) is 1. The fraction of sp³-hybridized carbons (Fsp3) is 0.462. The van der Waals surface area contributed by atoms with Gasteiger partial charge in [-0.25, -0.2) is 0 Å². The summed E-state index contributed by atoms with van der Waals surface area (Å²) in [5, 5.41) is 3.25. The molecule has 0 aliphatic carbocycles. The Morgan fingerprint density at radius 3 is 2.69 bits per heavy atom. The Labute approximate surface area is 102 Å². The van der Waals surface area contributed by atoms with Gasteiger partial charge in [0.2, 0.25) is 5.91 Å². The molecule has 1 N–H and O–H groups in total. The quantitative estimate of drug-likeness (QED) is 0.824. The van der Waals surface area contributed by atoms with E-state index in [9.17, 15) is 4.79 Å². The normalized spacial score (nSPS) is 12.1. The summed E-state index contributed by atoms with van der Waals surface area (Å²) in [6.07, 6.45) is 0.991. The maximum absolute atomic E-state index is 11.4. The van der Waals surface area contributed by atoms with Gasteiger partial charge in [-0.2, -0.15) is 0 Å². The van der Waals surface area contributed by atoms with Crippen LogP contribution in [0.15, 0.2) is 30.3 Å². The van der Waals surface area contributed by atoms with E-state index in [2.05, 4.69) is 31.3 Å². The Morgan fingerprint density at radius 1 is 1.38 bits per heavy atom. The summed E-state index contributed by atoms with van der Waals surface area (Å²) < 4.78 is 0. The van der Waals surface area contributed by atoms with Gasteiger partial charge < -0.3 is 5.32 Å². The van der Waals surface area contributed by atoms with Crippen LogP contribution >= 0.6 is 11.8 Å². The first-order chi connectivity index (χ1) is 7.74.